The number of nitrogens with one attached hydrogen (secondary N) is 1. The summed E-state index contributed by atoms with van der Waals surface area (Å²) >= 11 is 0. The number of carbonyl (C=O) groups is 1. The van der Waals surface area contributed by atoms with Gasteiger partial charge in [0.25, 0.3) is 5.91 Å². The third-order valence-corrected chi connectivity index (χ3v) is 7.17. The summed E-state index contributed by atoms with van der Waals surface area (Å²) in [5, 5.41) is 3.89. The Morgan fingerprint density at radius 1 is 1.26 bits per heavy atom. The molecule has 3 saturated carbocycles. The van der Waals surface area contributed by atoms with Crippen LogP contribution in [-0.4, -0.2) is 23.0 Å². The van der Waals surface area contributed by atoms with Gasteiger partial charge in [-0.15, -0.1) is 0 Å². The van der Waals surface area contributed by atoms with Crippen LogP contribution in [-0.2, 0) is 0 Å². The Hall–Kier alpha value is -1.51. The second kappa shape index (κ2) is 4.75. The normalized spacial score (nSPS) is 40.4. The lowest BCUT2D eigenvalue weighted by Gasteiger charge is -2.53. The third kappa shape index (κ3) is 1.68. The smallest absolute Gasteiger partial charge is 0.257 e. The van der Waals surface area contributed by atoms with Gasteiger partial charge in [-0.05, 0) is 62.0 Å². The molecule has 0 radical (unpaired) electrons. The summed E-state index contributed by atoms with van der Waals surface area (Å²) in [7, 11) is 0. The van der Waals surface area contributed by atoms with E-state index in [-0.39, 0.29) is 11.6 Å². The van der Waals surface area contributed by atoms with Crippen LogP contribution in [0, 0.1) is 23.7 Å². The molecular weight excluding hydrogens is 284 g/mol. The highest BCUT2D eigenvalue weighted by Gasteiger charge is 2.64. The van der Waals surface area contributed by atoms with Crippen molar-refractivity contribution in [3.63, 3.8) is 0 Å². The summed E-state index contributed by atoms with van der Waals surface area (Å²) in [6, 6.07) is 8.10. The maximum atomic E-state index is 13.2. The molecule has 1 aliphatic heterocycles. The predicted octanol–water partition coefficient (Wildman–Crippen LogP) is 4.12. The number of para-hydroxylation sites is 1. The molecule has 0 saturated heterocycles. The second-order valence-corrected chi connectivity index (χ2v) is 8.12. The quantitative estimate of drug-likeness (QED) is 0.891. The number of anilines is 1. The molecule has 1 N–H and O–H groups in total. The van der Waals surface area contributed by atoms with Crippen LogP contribution in [0.1, 0.15) is 55.8 Å². The van der Waals surface area contributed by atoms with Crippen molar-refractivity contribution in [2.45, 2.75) is 51.1 Å². The van der Waals surface area contributed by atoms with Crippen molar-refractivity contribution in [1.82, 2.24) is 4.90 Å². The van der Waals surface area contributed by atoms with Gasteiger partial charge in [0.2, 0.25) is 0 Å². The zero-order valence-corrected chi connectivity index (χ0v) is 13.9. The van der Waals surface area contributed by atoms with E-state index in [9.17, 15) is 4.79 Å². The van der Waals surface area contributed by atoms with Crippen LogP contribution in [0.4, 0.5) is 5.69 Å². The fraction of sp³-hybridized carbons (Fsp3) is 0.650. The average molecular weight is 310 g/mol. The van der Waals surface area contributed by atoms with E-state index in [2.05, 4.69) is 23.2 Å². The van der Waals surface area contributed by atoms with Crippen molar-refractivity contribution >= 4 is 11.6 Å². The predicted molar refractivity (Wildman–Crippen MR) is 91.2 cm³/mol. The first kappa shape index (κ1) is 13.9. The van der Waals surface area contributed by atoms with Crippen molar-refractivity contribution in [3.05, 3.63) is 29.8 Å². The van der Waals surface area contributed by atoms with Crippen molar-refractivity contribution in [1.29, 1.82) is 0 Å². The van der Waals surface area contributed by atoms with Gasteiger partial charge in [0, 0.05) is 18.2 Å². The van der Waals surface area contributed by atoms with Crippen molar-refractivity contribution in [3.8, 4) is 0 Å². The van der Waals surface area contributed by atoms with Crippen LogP contribution >= 0.6 is 0 Å². The van der Waals surface area contributed by atoms with E-state index in [1.807, 2.05) is 18.2 Å². The topological polar surface area (TPSA) is 32.3 Å². The number of carbonyl (C=O) groups excluding carboxylic acids is 1. The molecule has 2 unspecified atom stereocenters. The van der Waals surface area contributed by atoms with Gasteiger partial charge in [-0.25, -0.2) is 0 Å². The standard InChI is InChI=1S/C20H26N2O/c1-2-10-22-19(23)16-6-3-4-9-18(16)21-20(22)12-13-11-17(20)15-8-5-7-14(13)15/h3-4,6,9,13-15,17,21H,2,5,7-8,10-12H2,1H3/t13?,14-,15+,17?,20+/m1/s1. The molecule has 3 nitrogen and oxygen atoms in total. The highest BCUT2D eigenvalue weighted by molar-refractivity contribution is 6.02. The molecule has 5 rings (SSSR count). The lowest BCUT2D eigenvalue weighted by Crippen LogP contribution is -2.64. The summed E-state index contributed by atoms with van der Waals surface area (Å²) in [6.45, 7) is 3.06. The highest BCUT2D eigenvalue weighted by Crippen LogP contribution is 2.64. The summed E-state index contributed by atoms with van der Waals surface area (Å²) in [4.78, 5) is 15.4. The van der Waals surface area contributed by atoms with Gasteiger partial charge >= 0.3 is 0 Å². The number of nitrogens with zero attached hydrogens (tertiary/aromatic N) is 1. The molecule has 1 spiro atoms. The Kier molecular flexibility index (Phi) is 2.87. The SMILES string of the molecule is CCCN1C(=O)c2ccccc2N[C@@]12CC1CC2[C@H]2CCC[C@H]12. The summed E-state index contributed by atoms with van der Waals surface area (Å²) in [6.07, 6.45) is 7.74. The number of benzene rings is 1. The molecule has 3 fully saturated rings. The lowest BCUT2D eigenvalue weighted by atomic mass is 9.73. The molecule has 3 heteroatoms. The Morgan fingerprint density at radius 2 is 2.09 bits per heavy atom. The Morgan fingerprint density at radius 3 is 2.96 bits per heavy atom. The fourth-order valence-electron chi connectivity index (χ4n) is 6.50. The number of rotatable bonds is 2. The molecule has 23 heavy (non-hydrogen) atoms. The van der Waals surface area contributed by atoms with Crippen molar-refractivity contribution in [2.24, 2.45) is 23.7 Å². The van der Waals surface area contributed by atoms with Crippen LogP contribution in [0.25, 0.3) is 0 Å². The lowest BCUT2D eigenvalue weighted by molar-refractivity contribution is 0.0147. The Labute approximate surface area is 138 Å². The molecule has 2 bridgehead atoms. The Bertz CT molecular complexity index is 657. The average Bonchev–Trinajstić information content (AvgIpc) is 3.23. The van der Waals surface area contributed by atoms with Crippen LogP contribution in [0.2, 0.25) is 0 Å². The van der Waals surface area contributed by atoms with Gasteiger partial charge in [0.05, 0.1) is 5.56 Å². The molecule has 1 amide bonds. The van der Waals surface area contributed by atoms with Crippen LogP contribution < -0.4 is 5.32 Å². The zero-order valence-electron chi connectivity index (χ0n) is 13.9. The molecule has 4 aliphatic rings. The van der Waals surface area contributed by atoms with E-state index in [4.69, 9.17) is 0 Å². The monoisotopic (exact) mass is 310 g/mol. The molecule has 1 aromatic rings. The van der Waals surface area contributed by atoms with E-state index in [1.165, 1.54) is 32.1 Å². The summed E-state index contributed by atoms with van der Waals surface area (Å²) in [5.74, 6) is 3.53. The number of fused-ring (bicyclic) bond motifs is 7. The number of hydrogen-bond acceptors (Lipinski definition) is 2. The van der Waals surface area contributed by atoms with E-state index in [1.54, 1.807) is 0 Å². The third-order valence-electron chi connectivity index (χ3n) is 7.17. The van der Waals surface area contributed by atoms with Gasteiger partial charge in [-0.3, -0.25) is 4.79 Å². The van der Waals surface area contributed by atoms with Gasteiger partial charge < -0.3 is 10.2 Å². The molecule has 3 aliphatic carbocycles. The minimum absolute atomic E-state index is 0.0996. The minimum Gasteiger partial charge on any atom is -0.362 e. The first-order chi connectivity index (χ1) is 11.2. The molecular formula is C20H26N2O. The maximum Gasteiger partial charge on any atom is 0.257 e. The van der Waals surface area contributed by atoms with E-state index in [0.29, 0.717) is 5.92 Å². The molecule has 0 aromatic heterocycles. The first-order valence-electron chi connectivity index (χ1n) is 9.44. The molecule has 5 atom stereocenters. The minimum atomic E-state index is -0.0996. The molecule has 122 valence electrons. The van der Waals surface area contributed by atoms with E-state index >= 15 is 0 Å². The Balaban J connectivity index is 1.60. The van der Waals surface area contributed by atoms with Crippen molar-refractivity contribution in [2.75, 3.05) is 11.9 Å². The van der Waals surface area contributed by atoms with Gasteiger partial charge in [-0.2, -0.15) is 0 Å². The summed E-state index contributed by atoms with van der Waals surface area (Å²) in [5.41, 5.74) is 1.82. The molecule has 1 aromatic carbocycles. The van der Waals surface area contributed by atoms with Gasteiger partial charge in [0.15, 0.2) is 0 Å². The maximum absolute atomic E-state index is 13.2. The van der Waals surface area contributed by atoms with Crippen LogP contribution in [0.5, 0.6) is 0 Å². The highest BCUT2D eigenvalue weighted by atomic mass is 16.2. The van der Waals surface area contributed by atoms with Gasteiger partial charge in [0.1, 0.15) is 5.66 Å². The second-order valence-electron chi connectivity index (χ2n) is 8.12. The van der Waals surface area contributed by atoms with Gasteiger partial charge in [-0.1, -0.05) is 25.5 Å². The number of hydrogen-bond donors (Lipinski definition) is 1. The van der Waals surface area contributed by atoms with E-state index in [0.717, 1.165) is 42.0 Å². The zero-order chi connectivity index (χ0) is 15.6. The fourth-order valence-corrected chi connectivity index (χ4v) is 6.50. The number of amides is 1. The van der Waals surface area contributed by atoms with Crippen LogP contribution in [0.15, 0.2) is 24.3 Å². The summed E-state index contributed by atoms with van der Waals surface area (Å²) < 4.78 is 0. The first-order valence-corrected chi connectivity index (χ1v) is 9.44. The van der Waals surface area contributed by atoms with Crippen molar-refractivity contribution < 1.29 is 4.79 Å². The molecule has 1 heterocycles. The van der Waals surface area contributed by atoms with Crippen LogP contribution in [0.3, 0.4) is 0 Å². The largest absolute Gasteiger partial charge is 0.362 e. The van der Waals surface area contributed by atoms with E-state index < -0.39 is 0 Å².